The molecule has 188 valence electrons. The van der Waals surface area contributed by atoms with E-state index in [4.69, 9.17) is 9.84 Å². The van der Waals surface area contributed by atoms with E-state index in [1.807, 2.05) is 25.1 Å². The van der Waals surface area contributed by atoms with E-state index in [2.05, 4.69) is 4.98 Å². The van der Waals surface area contributed by atoms with Crippen LogP contribution in [0, 0.1) is 6.92 Å². The molecule has 2 heterocycles. The van der Waals surface area contributed by atoms with Crippen molar-refractivity contribution < 1.29 is 28.5 Å². The lowest BCUT2D eigenvalue weighted by atomic mass is 9.86. The van der Waals surface area contributed by atoms with Crippen LogP contribution in [0.5, 0.6) is 5.75 Å². The van der Waals surface area contributed by atoms with E-state index in [9.17, 15) is 18.7 Å². The van der Waals surface area contributed by atoms with E-state index in [-0.39, 0.29) is 12.0 Å². The van der Waals surface area contributed by atoms with Crippen molar-refractivity contribution in [1.82, 2.24) is 4.98 Å². The molecule has 2 N–H and O–H groups in total. The van der Waals surface area contributed by atoms with Crippen molar-refractivity contribution >= 4 is 27.6 Å². The summed E-state index contributed by atoms with van der Waals surface area (Å²) in [5.74, 6) is -0.197. The third-order valence-electron chi connectivity index (χ3n) is 5.91. The molecule has 0 bridgehead atoms. The summed E-state index contributed by atoms with van der Waals surface area (Å²) in [6.07, 6.45) is -0.233. The highest BCUT2D eigenvalue weighted by Crippen LogP contribution is 2.42. The molecule has 0 saturated carbocycles. The van der Waals surface area contributed by atoms with E-state index >= 15 is 0 Å². The SMILES string of the molecule is CC(C)(C)O.Cc1cc2cc(C(F)F)ccc2c(-c2ccc3c4c(ccnc24)CCO3)c1CC(=O)O. The lowest BCUT2D eigenvalue weighted by Crippen LogP contribution is -2.10. The zero-order valence-corrected chi connectivity index (χ0v) is 20.7. The fourth-order valence-corrected chi connectivity index (χ4v) is 4.53. The number of aliphatic carboxylic acids is 1. The maximum absolute atomic E-state index is 13.3. The molecule has 4 aromatic rings. The molecule has 1 aromatic heterocycles. The van der Waals surface area contributed by atoms with Crippen LogP contribution < -0.4 is 4.74 Å². The van der Waals surface area contributed by atoms with Gasteiger partial charge in [-0.25, -0.2) is 8.78 Å². The van der Waals surface area contributed by atoms with Crippen molar-refractivity contribution in [2.24, 2.45) is 0 Å². The summed E-state index contributed by atoms with van der Waals surface area (Å²) in [7, 11) is 0. The van der Waals surface area contributed by atoms with Gasteiger partial charge in [-0.05, 0) is 85.0 Å². The molecule has 0 unspecified atom stereocenters. The van der Waals surface area contributed by atoms with Crippen LogP contribution in [0.3, 0.4) is 0 Å². The fourth-order valence-electron chi connectivity index (χ4n) is 4.53. The number of hydrogen-bond donors (Lipinski definition) is 2. The first-order valence-electron chi connectivity index (χ1n) is 11.8. The highest BCUT2D eigenvalue weighted by molar-refractivity contribution is 6.08. The maximum atomic E-state index is 13.3. The second-order valence-corrected chi connectivity index (χ2v) is 9.97. The number of hydrogen-bond acceptors (Lipinski definition) is 4. The summed E-state index contributed by atoms with van der Waals surface area (Å²) in [6, 6.07) is 12.1. The number of aryl methyl sites for hydroxylation is 1. The first-order valence-corrected chi connectivity index (χ1v) is 11.8. The van der Waals surface area contributed by atoms with Gasteiger partial charge in [-0.15, -0.1) is 0 Å². The van der Waals surface area contributed by atoms with Crippen molar-refractivity contribution in [3.63, 3.8) is 0 Å². The number of aromatic nitrogens is 1. The molecule has 7 heteroatoms. The van der Waals surface area contributed by atoms with Gasteiger partial charge in [-0.2, -0.15) is 0 Å². The van der Waals surface area contributed by atoms with Gasteiger partial charge in [-0.3, -0.25) is 9.78 Å². The van der Waals surface area contributed by atoms with Gasteiger partial charge < -0.3 is 14.9 Å². The van der Waals surface area contributed by atoms with E-state index in [1.165, 1.54) is 12.1 Å². The van der Waals surface area contributed by atoms with Crippen LogP contribution in [0.25, 0.3) is 32.8 Å². The Balaban J connectivity index is 0.000000556. The van der Waals surface area contributed by atoms with Crippen LogP contribution in [-0.2, 0) is 17.6 Å². The summed E-state index contributed by atoms with van der Waals surface area (Å²) in [5, 5.41) is 20.4. The normalized spacial score (nSPS) is 12.9. The minimum absolute atomic E-state index is 0.0627. The molecule has 1 aliphatic rings. The Kier molecular flexibility index (Phi) is 6.96. The smallest absolute Gasteiger partial charge is 0.307 e. The molecule has 0 saturated heterocycles. The first kappa shape index (κ1) is 25.5. The van der Waals surface area contributed by atoms with Crippen LogP contribution in [0.2, 0.25) is 0 Å². The number of alkyl halides is 2. The van der Waals surface area contributed by atoms with Gasteiger partial charge in [0, 0.05) is 29.1 Å². The van der Waals surface area contributed by atoms with Crippen LogP contribution in [0.15, 0.2) is 48.7 Å². The predicted octanol–water partition coefficient (Wildman–Crippen LogP) is 6.64. The number of rotatable bonds is 4. The number of aliphatic hydroxyl groups is 1. The van der Waals surface area contributed by atoms with Crippen LogP contribution in [0.1, 0.15) is 49.5 Å². The molecule has 36 heavy (non-hydrogen) atoms. The summed E-state index contributed by atoms with van der Waals surface area (Å²) < 4.78 is 32.4. The van der Waals surface area contributed by atoms with E-state index in [1.54, 1.807) is 39.1 Å². The number of carboxylic acid groups (broad SMARTS) is 1. The molecule has 0 amide bonds. The number of benzene rings is 3. The largest absolute Gasteiger partial charge is 0.493 e. The lowest BCUT2D eigenvalue weighted by molar-refractivity contribution is -0.136. The predicted molar refractivity (Wildman–Crippen MR) is 137 cm³/mol. The topological polar surface area (TPSA) is 79.7 Å². The number of fused-ring (bicyclic) bond motifs is 1. The molecule has 5 nitrogen and oxygen atoms in total. The number of carboxylic acids is 1. The Hall–Kier alpha value is -3.58. The number of carbonyl (C=O) groups is 1. The lowest BCUT2D eigenvalue weighted by Gasteiger charge is -2.22. The molecule has 1 aliphatic heterocycles. The van der Waals surface area contributed by atoms with Gasteiger partial charge >= 0.3 is 5.97 Å². The third kappa shape index (κ3) is 5.31. The number of pyridine rings is 1. The van der Waals surface area contributed by atoms with E-state index in [0.717, 1.165) is 50.7 Å². The minimum Gasteiger partial charge on any atom is -0.493 e. The fraction of sp³-hybridized carbons (Fsp3) is 0.310. The Morgan fingerprint density at radius 2 is 1.86 bits per heavy atom. The van der Waals surface area contributed by atoms with Gasteiger partial charge in [0.25, 0.3) is 6.43 Å². The maximum Gasteiger partial charge on any atom is 0.307 e. The van der Waals surface area contributed by atoms with Crippen LogP contribution >= 0.6 is 0 Å². The molecular weight excluding hydrogens is 464 g/mol. The third-order valence-corrected chi connectivity index (χ3v) is 5.91. The Labute approximate surface area is 208 Å². The van der Waals surface area contributed by atoms with Gasteiger partial charge in [-0.1, -0.05) is 18.2 Å². The highest BCUT2D eigenvalue weighted by atomic mass is 19.3. The molecule has 3 aromatic carbocycles. The Morgan fingerprint density at radius 1 is 1.14 bits per heavy atom. The molecular formula is C29H29F2NO4. The van der Waals surface area contributed by atoms with E-state index < -0.39 is 18.0 Å². The number of nitrogens with zero attached hydrogens (tertiary/aromatic N) is 1. The molecule has 5 rings (SSSR count). The van der Waals surface area contributed by atoms with Crippen molar-refractivity contribution in [1.29, 1.82) is 0 Å². The molecule has 0 aliphatic carbocycles. The van der Waals surface area contributed by atoms with Gasteiger partial charge in [0.1, 0.15) is 5.75 Å². The molecule has 0 radical (unpaired) electrons. The average Bonchev–Trinajstić information content (AvgIpc) is 2.79. The second-order valence-electron chi connectivity index (χ2n) is 9.97. The van der Waals surface area contributed by atoms with Crippen molar-refractivity contribution in [2.75, 3.05) is 6.61 Å². The first-order chi connectivity index (χ1) is 16.9. The van der Waals surface area contributed by atoms with Gasteiger partial charge in [0.2, 0.25) is 0 Å². The summed E-state index contributed by atoms with van der Waals surface area (Å²) in [6.45, 7) is 7.64. The highest BCUT2D eigenvalue weighted by Gasteiger charge is 2.22. The van der Waals surface area contributed by atoms with Crippen molar-refractivity contribution in [3.05, 3.63) is 70.9 Å². The number of ether oxygens (including phenoxy) is 1. The van der Waals surface area contributed by atoms with Crippen molar-refractivity contribution in [3.8, 4) is 16.9 Å². The summed E-state index contributed by atoms with van der Waals surface area (Å²) >= 11 is 0. The van der Waals surface area contributed by atoms with Crippen molar-refractivity contribution in [2.45, 2.75) is 52.6 Å². The minimum atomic E-state index is -2.58. The Bertz CT molecular complexity index is 1440. The quantitative estimate of drug-likeness (QED) is 0.333. The zero-order valence-electron chi connectivity index (χ0n) is 20.7. The standard InChI is InChI=1S/C25H19F2NO3.C4H10O/c1-13-10-16-11-15(25(26)27)2-3-17(16)23(19(13)12-21(29)30)18-4-5-20-22-14(7-9-31-20)6-8-28-24(18)22;1-4(2,3)5/h2-6,8,10-11,25H,7,9,12H2,1H3,(H,29,30);5H,1-3H3. The van der Waals surface area contributed by atoms with E-state index in [0.29, 0.717) is 17.6 Å². The second kappa shape index (κ2) is 9.82. The number of halogens is 2. The molecule has 0 fully saturated rings. The van der Waals surface area contributed by atoms with Gasteiger partial charge in [0.15, 0.2) is 0 Å². The Morgan fingerprint density at radius 3 is 2.53 bits per heavy atom. The molecule has 0 spiro atoms. The zero-order chi connectivity index (χ0) is 26.2. The summed E-state index contributed by atoms with van der Waals surface area (Å²) in [4.78, 5) is 16.3. The average molecular weight is 494 g/mol. The monoisotopic (exact) mass is 493 g/mol. The van der Waals surface area contributed by atoms with Crippen LogP contribution in [-0.4, -0.2) is 33.4 Å². The van der Waals surface area contributed by atoms with Crippen LogP contribution in [0.4, 0.5) is 8.78 Å². The molecule has 0 atom stereocenters. The summed E-state index contributed by atoms with van der Waals surface area (Å²) in [5.41, 5.74) is 4.20. The van der Waals surface area contributed by atoms with Gasteiger partial charge in [0.05, 0.1) is 24.1 Å².